The third-order valence-electron chi connectivity index (χ3n) is 4.43. The Kier molecular flexibility index (Phi) is 5.55. The van der Waals surface area contributed by atoms with Crippen LogP contribution in [-0.2, 0) is 13.0 Å². The first-order valence-electron chi connectivity index (χ1n) is 8.71. The summed E-state index contributed by atoms with van der Waals surface area (Å²) in [6.45, 7) is 3.53. The van der Waals surface area contributed by atoms with Crippen molar-refractivity contribution in [3.8, 4) is 6.07 Å². The number of hydrogen-bond donors (Lipinski definition) is 3. The Hall–Kier alpha value is -3.26. The van der Waals surface area contributed by atoms with Crippen molar-refractivity contribution in [2.24, 2.45) is 4.99 Å². The third-order valence-corrected chi connectivity index (χ3v) is 4.43. The van der Waals surface area contributed by atoms with Crippen LogP contribution in [-0.4, -0.2) is 24.5 Å². The average Bonchev–Trinajstić information content (AvgIpc) is 3.00. The number of aromatic amines is 1. The van der Waals surface area contributed by atoms with Gasteiger partial charge in [-0.1, -0.05) is 30.3 Å². The van der Waals surface area contributed by atoms with Gasteiger partial charge in [-0.3, -0.25) is 4.99 Å². The Bertz CT molecular complexity index is 962. The Morgan fingerprint density at radius 2 is 2.00 bits per heavy atom. The number of nitriles is 1. The van der Waals surface area contributed by atoms with Gasteiger partial charge in [-0.2, -0.15) is 5.26 Å². The Morgan fingerprint density at radius 1 is 1.15 bits per heavy atom. The topological polar surface area (TPSA) is 76.0 Å². The lowest BCUT2D eigenvalue weighted by Gasteiger charge is -2.12. The van der Waals surface area contributed by atoms with Gasteiger partial charge >= 0.3 is 0 Å². The van der Waals surface area contributed by atoms with Gasteiger partial charge in [0.15, 0.2) is 5.96 Å². The molecule has 26 heavy (non-hydrogen) atoms. The monoisotopic (exact) mass is 345 g/mol. The summed E-state index contributed by atoms with van der Waals surface area (Å²) in [6.07, 6.45) is 0.917. The zero-order valence-electron chi connectivity index (χ0n) is 15.1. The number of benzene rings is 2. The number of guanidine groups is 1. The highest BCUT2D eigenvalue weighted by Crippen LogP contribution is 2.21. The zero-order chi connectivity index (χ0) is 18.4. The first-order chi connectivity index (χ1) is 12.7. The van der Waals surface area contributed by atoms with Gasteiger partial charge in [-0.05, 0) is 42.7 Å². The second-order valence-electron chi connectivity index (χ2n) is 6.19. The summed E-state index contributed by atoms with van der Waals surface area (Å²) in [4.78, 5) is 7.71. The minimum Gasteiger partial charge on any atom is -0.358 e. The van der Waals surface area contributed by atoms with Crippen LogP contribution in [0.5, 0.6) is 0 Å². The van der Waals surface area contributed by atoms with Gasteiger partial charge in [0.05, 0.1) is 11.6 Å². The highest BCUT2D eigenvalue weighted by Gasteiger charge is 2.08. The summed E-state index contributed by atoms with van der Waals surface area (Å²) in [5, 5.41) is 16.9. The first-order valence-corrected chi connectivity index (χ1v) is 8.71. The molecule has 5 heteroatoms. The maximum absolute atomic E-state index is 8.98. The van der Waals surface area contributed by atoms with Crippen LogP contribution in [0.4, 0.5) is 0 Å². The molecule has 5 nitrogen and oxygen atoms in total. The minimum absolute atomic E-state index is 0.626. The SMILES string of the molecule is CN=C(NCCc1c(C)[nH]c2ccccc12)NCc1cccc(C#N)c1. The predicted octanol–water partition coefficient (Wildman–Crippen LogP) is 3.26. The van der Waals surface area contributed by atoms with Gasteiger partial charge in [0.1, 0.15) is 0 Å². The Labute approximate surface area is 153 Å². The summed E-state index contributed by atoms with van der Waals surface area (Å²) < 4.78 is 0. The number of para-hydroxylation sites is 1. The number of H-pyrrole nitrogens is 1. The van der Waals surface area contributed by atoms with Crippen LogP contribution in [0, 0.1) is 18.3 Å². The molecule has 2 aromatic carbocycles. The van der Waals surface area contributed by atoms with Crippen molar-refractivity contribution < 1.29 is 0 Å². The molecule has 3 N–H and O–H groups in total. The second-order valence-corrected chi connectivity index (χ2v) is 6.19. The van der Waals surface area contributed by atoms with Gasteiger partial charge in [0, 0.05) is 36.7 Å². The van der Waals surface area contributed by atoms with Gasteiger partial charge in [0.2, 0.25) is 0 Å². The fourth-order valence-electron chi connectivity index (χ4n) is 3.12. The quantitative estimate of drug-likeness (QED) is 0.491. The van der Waals surface area contributed by atoms with Crippen LogP contribution in [0.2, 0.25) is 0 Å². The molecule has 3 aromatic rings. The van der Waals surface area contributed by atoms with Gasteiger partial charge in [-0.25, -0.2) is 0 Å². The maximum atomic E-state index is 8.98. The summed E-state index contributed by atoms with van der Waals surface area (Å²) in [7, 11) is 1.76. The van der Waals surface area contributed by atoms with E-state index in [9.17, 15) is 0 Å². The van der Waals surface area contributed by atoms with E-state index in [0.717, 1.165) is 24.5 Å². The molecule has 1 aromatic heterocycles. The normalized spacial score (nSPS) is 11.3. The van der Waals surface area contributed by atoms with Crippen LogP contribution in [0.15, 0.2) is 53.5 Å². The van der Waals surface area contributed by atoms with Crippen LogP contribution >= 0.6 is 0 Å². The molecule has 132 valence electrons. The number of fused-ring (bicyclic) bond motifs is 1. The van der Waals surface area contributed by atoms with E-state index in [1.807, 2.05) is 24.3 Å². The molecule has 0 bridgehead atoms. The van der Waals surface area contributed by atoms with Gasteiger partial charge in [-0.15, -0.1) is 0 Å². The second kappa shape index (κ2) is 8.21. The van der Waals surface area contributed by atoms with Gasteiger partial charge < -0.3 is 15.6 Å². The van der Waals surface area contributed by atoms with E-state index < -0.39 is 0 Å². The van der Waals surface area contributed by atoms with E-state index in [2.05, 4.69) is 51.8 Å². The molecule has 0 amide bonds. The van der Waals surface area contributed by atoms with Crippen molar-refractivity contribution in [2.75, 3.05) is 13.6 Å². The lowest BCUT2D eigenvalue weighted by molar-refractivity contribution is 0.794. The Balaban J connectivity index is 1.56. The van der Waals surface area contributed by atoms with E-state index in [4.69, 9.17) is 5.26 Å². The number of nitrogens with one attached hydrogen (secondary N) is 3. The fourth-order valence-corrected chi connectivity index (χ4v) is 3.12. The number of nitrogens with zero attached hydrogens (tertiary/aromatic N) is 2. The molecular formula is C21H23N5. The first kappa shape index (κ1) is 17.6. The summed E-state index contributed by atoms with van der Waals surface area (Å²) in [5.41, 5.74) is 5.45. The van der Waals surface area contributed by atoms with Crippen LogP contribution < -0.4 is 10.6 Å². The smallest absolute Gasteiger partial charge is 0.191 e. The van der Waals surface area contributed by atoms with Crippen molar-refractivity contribution >= 4 is 16.9 Å². The molecule has 0 radical (unpaired) electrons. The lowest BCUT2D eigenvalue weighted by Crippen LogP contribution is -2.37. The third kappa shape index (κ3) is 4.04. The zero-order valence-corrected chi connectivity index (χ0v) is 15.1. The fraction of sp³-hybridized carbons (Fsp3) is 0.238. The minimum atomic E-state index is 0.626. The number of aryl methyl sites for hydroxylation is 1. The van der Waals surface area contributed by atoms with Crippen molar-refractivity contribution in [3.63, 3.8) is 0 Å². The lowest BCUT2D eigenvalue weighted by atomic mass is 10.1. The summed E-state index contributed by atoms with van der Waals surface area (Å²) in [6, 6.07) is 18.1. The molecule has 1 heterocycles. The summed E-state index contributed by atoms with van der Waals surface area (Å²) in [5.74, 6) is 0.754. The maximum Gasteiger partial charge on any atom is 0.191 e. The van der Waals surface area contributed by atoms with Crippen LogP contribution in [0.25, 0.3) is 10.9 Å². The molecule has 0 atom stereocenters. The van der Waals surface area contributed by atoms with Crippen molar-refractivity contribution in [1.29, 1.82) is 5.26 Å². The van der Waals surface area contributed by atoms with E-state index in [1.54, 1.807) is 13.1 Å². The van der Waals surface area contributed by atoms with E-state index in [1.165, 1.54) is 22.2 Å². The molecule has 3 rings (SSSR count). The predicted molar refractivity (Wildman–Crippen MR) is 106 cm³/mol. The highest BCUT2D eigenvalue weighted by molar-refractivity contribution is 5.84. The standard InChI is InChI=1S/C21H23N5/c1-15-18(19-8-3-4-9-20(19)26-15)10-11-24-21(23-2)25-14-17-7-5-6-16(12-17)13-22/h3-9,12,26H,10-11,14H2,1-2H3,(H2,23,24,25). The molecule has 0 spiro atoms. The van der Waals surface area contributed by atoms with Crippen molar-refractivity contribution in [1.82, 2.24) is 15.6 Å². The number of aromatic nitrogens is 1. The number of rotatable bonds is 5. The number of aliphatic imine (C=N–C) groups is 1. The molecule has 0 unspecified atom stereocenters. The van der Waals surface area contributed by atoms with Gasteiger partial charge in [0.25, 0.3) is 0 Å². The summed E-state index contributed by atoms with van der Waals surface area (Å²) >= 11 is 0. The number of hydrogen-bond acceptors (Lipinski definition) is 2. The Morgan fingerprint density at radius 3 is 2.81 bits per heavy atom. The van der Waals surface area contributed by atoms with E-state index in [-0.39, 0.29) is 0 Å². The molecule has 0 aliphatic carbocycles. The van der Waals surface area contributed by atoms with Crippen molar-refractivity contribution in [3.05, 3.63) is 70.9 Å². The average molecular weight is 345 g/mol. The van der Waals surface area contributed by atoms with Crippen LogP contribution in [0.3, 0.4) is 0 Å². The van der Waals surface area contributed by atoms with Crippen molar-refractivity contribution in [2.45, 2.75) is 19.9 Å². The highest BCUT2D eigenvalue weighted by atomic mass is 15.2. The van der Waals surface area contributed by atoms with E-state index in [0.29, 0.717) is 12.1 Å². The molecule has 0 fully saturated rings. The molecule has 0 saturated heterocycles. The molecular weight excluding hydrogens is 322 g/mol. The largest absolute Gasteiger partial charge is 0.358 e. The van der Waals surface area contributed by atoms with Crippen LogP contribution in [0.1, 0.15) is 22.4 Å². The molecule has 0 saturated carbocycles. The molecule has 0 aliphatic rings. The van der Waals surface area contributed by atoms with E-state index >= 15 is 0 Å². The molecule has 0 aliphatic heterocycles.